The lowest BCUT2D eigenvalue weighted by Crippen LogP contribution is -2.26. The Balaban J connectivity index is 1.59. The van der Waals surface area contributed by atoms with Gasteiger partial charge in [-0.3, -0.25) is 4.79 Å². The molecule has 0 amide bonds. The second kappa shape index (κ2) is 8.13. The first kappa shape index (κ1) is 17.4. The maximum Gasteiger partial charge on any atom is 0.305 e. The normalized spacial score (nSPS) is 25.2. The molecule has 1 saturated heterocycles. The second-order valence-corrected chi connectivity index (χ2v) is 6.84. The molecular formula is C20H28O4. The maximum absolute atomic E-state index is 11.7. The molecule has 1 aromatic rings. The van der Waals surface area contributed by atoms with Crippen molar-refractivity contribution in [2.24, 2.45) is 0 Å². The van der Waals surface area contributed by atoms with Crippen LogP contribution in [0, 0.1) is 0 Å². The summed E-state index contributed by atoms with van der Waals surface area (Å²) in [7, 11) is 0. The lowest BCUT2D eigenvalue weighted by Gasteiger charge is -2.22. The van der Waals surface area contributed by atoms with E-state index in [1.54, 1.807) is 0 Å². The van der Waals surface area contributed by atoms with Crippen molar-refractivity contribution < 1.29 is 19.0 Å². The highest BCUT2D eigenvalue weighted by Gasteiger charge is 2.49. The summed E-state index contributed by atoms with van der Waals surface area (Å²) in [5.41, 5.74) is 1.14. The molecular weight excluding hydrogens is 304 g/mol. The minimum absolute atomic E-state index is 0.0514. The molecule has 2 atom stereocenters. The van der Waals surface area contributed by atoms with Crippen LogP contribution in [0.15, 0.2) is 30.3 Å². The summed E-state index contributed by atoms with van der Waals surface area (Å²) >= 11 is 0. The Labute approximate surface area is 144 Å². The molecule has 0 radical (unpaired) electrons. The molecule has 1 aromatic carbocycles. The van der Waals surface area contributed by atoms with Gasteiger partial charge in [-0.1, -0.05) is 43.7 Å². The predicted octanol–water partition coefficient (Wildman–Crippen LogP) is 4.54. The molecule has 1 spiro atoms. The summed E-state index contributed by atoms with van der Waals surface area (Å²) in [5, 5.41) is 0. The monoisotopic (exact) mass is 332 g/mol. The third-order valence-corrected chi connectivity index (χ3v) is 4.94. The molecule has 0 aromatic heterocycles. The third kappa shape index (κ3) is 4.17. The molecule has 1 aliphatic carbocycles. The fourth-order valence-electron chi connectivity index (χ4n) is 3.64. The van der Waals surface area contributed by atoms with Crippen LogP contribution in [-0.2, 0) is 19.0 Å². The van der Waals surface area contributed by atoms with E-state index in [-0.39, 0.29) is 18.2 Å². The van der Waals surface area contributed by atoms with Crippen molar-refractivity contribution >= 4 is 5.97 Å². The Hall–Kier alpha value is -1.39. The summed E-state index contributed by atoms with van der Waals surface area (Å²) < 4.78 is 18.1. The molecule has 2 aliphatic rings. The first-order valence-corrected chi connectivity index (χ1v) is 9.29. The Morgan fingerprint density at radius 3 is 2.67 bits per heavy atom. The van der Waals surface area contributed by atoms with Crippen LogP contribution < -0.4 is 0 Å². The fourth-order valence-corrected chi connectivity index (χ4v) is 3.64. The van der Waals surface area contributed by atoms with Gasteiger partial charge in [-0.25, -0.2) is 0 Å². The predicted molar refractivity (Wildman–Crippen MR) is 91.4 cm³/mol. The average molecular weight is 332 g/mol. The Kier molecular flexibility index (Phi) is 5.90. The van der Waals surface area contributed by atoms with Gasteiger partial charge in [0.15, 0.2) is 5.79 Å². The Morgan fingerprint density at radius 1 is 1.21 bits per heavy atom. The summed E-state index contributed by atoms with van der Waals surface area (Å²) in [5.74, 6) is -0.528. The van der Waals surface area contributed by atoms with Crippen LogP contribution in [0.4, 0.5) is 0 Å². The van der Waals surface area contributed by atoms with Gasteiger partial charge in [0.05, 0.1) is 12.7 Å². The number of carbonyl (C=O) groups excluding carboxylic acids is 1. The van der Waals surface area contributed by atoms with E-state index in [0.29, 0.717) is 19.4 Å². The SMILES string of the molecule is CCCCC(=O)OCC[C@@H]1OC2(CCCC2)O[C@H]1c1ccccc1. The van der Waals surface area contributed by atoms with Crippen molar-refractivity contribution in [3.05, 3.63) is 35.9 Å². The zero-order chi connectivity index (χ0) is 16.8. The smallest absolute Gasteiger partial charge is 0.305 e. The highest BCUT2D eigenvalue weighted by Crippen LogP contribution is 2.47. The van der Waals surface area contributed by atoms with Crippen molar-refractivity contribution in [3.8, 4) is 0 Å². The van der Waals surface area contributed by atoms with Crippen molar-refractivity contribution in [1.29, 1.82) is 0 Å². The quantitative estimate of drug-likeness (QED) is 0.688. The van der Waals surface area contributed by atoms with E-state index in [1.807, 2.05) is 18.2 Å². The summed E-state index contributed by atoms with van der Waals surface area (Å²) in [6.07, 6.45) is 7.18. The third-order valence-electron chi connectivity index (χ3n) is 4.94. The molecule has 4 heteroatoms. The maximum atomic E-state index is 11.7. The van der Waals surface area contributed by atoms with Crippen LogP contribution in [0.1, 0.15) is 70.0 Å². The number of unbranched alkanes of at least 4 members (excludes halogenated alkanes) is 1. The number of hydrogen-bond donors (Lipinski definition) is 0. The molecule has 1 saturated carbocycles. The van der Waals surface area contributed by atoms with Crippen LogP contribution in [0.25, 0.3) is 0 Å². The first-order valence-electron chi connectivity index (χ1n) is 9.29. The lowest BCUT2D eigenvalue weighted by molar-refractivity contribution is -0.171. The summed E-state index contributed by atoms with van der Waals surface area (Å²) in [6.45, 7) is 2.47. The van der Waals surface area contributed by atoms with Gasteiger partial charge in [0.25, 0.3) is 0 Å². The number of rotatable bonds is 7. The van der Waals surface area contributed by atoms with Crippen molar-refractivity contribution in [2.45, 2.75) is 76.3 Å². The molecule has 0 bridgehead atoms. The number of esters is 1. The molecule has 24 heavy (non-hydrogen) atoms. The van der Waals surface area contributed by atoms with Gasteiger partial charge in [-0.15, -0.1) is 0 Å². The molecule has 0 N–H and O–H groups in total. The molecule has 1 heterocycles. The molecule has 0 unspecified atom stereocenters. The van der Waals surface area contributed by atoms with Crippen LogP contribution in [-0.4, -0.2) is 24.5 Å². The van der Waals surface area contributed by atoms with E-state index in [1.165, 1.54) is 0 Å². The molecule has 132 valence electrons. The number of benzene rings is 1. The van der Waals surface area contributed by atoms with Gasteiger partial charge >= 0.3 is 5.97 Å². The summed E-state index contributed by atoms with van der Waals surface area (Å²) in [6, 6.07) is 10.2. The van der Waals surface area contributed by atoms with Gasteiger partial charge in [0.2, 0.25) is 0 Å². The molecule has 2 fully saturated rings. The van der Waals surface area contributed by atoms with Crippen LogP contribution in [0.5, 0.6) is 0 Å². The standard InChI is InChI=1S/C20H28O4/c1-2-3-11-18(21)22-15-12-17-19(16-9-5-4-6-10-16)24-20(23-17)13-7-8-14-20/h4-6,9-10,17,19H,2-3,7-8,11-15H2,1H3/t17-,19-/m0/s1. The molecule has 3 rings (SSSR count). The lowest BCUT2D eigenvalue weighted by atomic mass is 10.0. The van der Waals surface area contributed by atoms with E-state index in [0.717, 1.165) is 44.1 Å². The van der Waals surface area contributed by atoms with E-state index < -0.39 is 5.79 Å². The highest BCUT2D eigenvalue weighted by molar-refractivity contribution is 5.69. The fraction of sp³-hybridized carbons (Fsp3) is 0.650. The van der Waals surface area contributed by atoms with Crippen LogP contribution >= 0.6 is 0 Å². The number of hydrogen-bond acceptors (Lipinski definition) is 4. The van der Waals surface area contributed by atoms with Crippen molar-refractivity contribution in [3.63, 3.8) is 0 Å². The van der Waals surface area contributed by atoms with E-state index in [2.05, 4.69) is 19.1 Å². The Bertz CT molecular complexity index is 522. The zero-order valence-electron chi connectivity index (χ0n) is 14.5. The van der Waals surface area contributed by atoms with E-state index in [9.17, 15) is 4.79 Å². The van der Waals surface area contributed by atoms with Gasteiger partial charge in [-0.2, -0.15) is 0 Å². The zero-order valence-corrected chi connectivity index (χ0v) is 14.5. The average Bonchev–Trinajstić information content (AvgIpc) is 3.21. The minimum atomic E-state index is -0.419. The molecule has 4 nitrogen and oxygen atoms in total. The van der Waals surface area contributed by atoms with Gasteiger partial charge < -0.3 is 14.2 Å². The highest BCUT2D eigenvalue weighted by atomic mass is 16.8. The van der Waals surface area contributed by atoms with Crippen molar-refractivity contribution in [2.75, 3.05) is 6.61 Å². The second-order valence-electron chi connectivity index (χ2n) is 6.84. The largest absolute Gasteiger partial charge is 0.466 e. The first-order chi connectivity index (χ1) is 11.7. The van der Waals surface area contributed by atoms with Crippen molar-refractivity contribution in [1.82, 2.24) is 0 Å². The topological polar surface area (TPSA) is 44.8 Å². The van der Waals surface area contributed by atoms with Gasteiger partial charge in [-0.05, 0) is 24.8 Å². The van der Waals surface area contributed by atoms with E-state index >= 15 is 0 Å². The number of ether oxygens (including phenoxy) is 3. The van der Waals surface area contributed by atoms with E-state index in [4.69, 9.17) is 14.2 Å². The molecule has 1 aliphatic heterocycles. The van der Waals surface area contributed by atoms with Crippen LogP contribution in [0.2, 0.25) is 0 Å². The minimum Gasteiger partial charge on any atom is -0.466 e. The van der Waals surface area contributed by atoms with Gasteiger partial charge in [0.1, 0.15) is 6.10 Å². The van der Waals surface area contributed by atoms with Gasteiger partial charge in [0, 0.05) is 25.7 Å². The van der Waals surface area contributed by atoms with Crippen LogP contribution in [0.3, 0.4) is 0 Å². The summed E-state index contributed by atoms with van der Waals surface area (Å²) in [4.78, 5) is 11.7. The number of carbonyl (C=O) groups is 1. The Morgan fingerprint density at radius 2 is 1.96 bits per heavy atom.